The van der Waals surface area contributed by atoms with Gasteiger partial charge in [-0.2, -0.15) is 4.98 Å². The maximum Gasteiger partial charge on any atom is 0.228 e. The summed E-state index contributed by atoms with van der Waals surface area (Å²) in [5.41, 5.74) is 0. The minimum Gasteiger partial charge on any atom is -0.378 e. The van der Waals surface area contributed by atoms with E-state index in [-0.39, 0.29) is 24.0 Å². The lowest BCUT2D eigenvalue weighted by Gasteiger charge is -2.34. The molecule has 126 valence electrons. The van der Waals surface area contributed by atoms with Gasteiger partial charge in [-0.05, 0) is 26.7 Å². The van der Waals surface area contributed by atoms with Crippen LogP contribution in [0.15, 0.2) is 9.52 Å². The fourth-order valence-corrected chi connectivity index (χ4v) is 2.53. The molecule has 1 aliphatic heterocycles. The van der Waals surface area contributed by atoms with Gasteiger partial charge in [0.05, 0.1) is 6.10 Å². The molecule has 8 heteroatoms. The van der Waals surface area contributed by atoms with Gasteiger partial charge in [0, 0.05) is 39.7 Å². The number of hydrogen-bond donors (Lipinski definition) is 1. The van der Waals surface area contributed by atoms with Crippen LogP contribution in [0, 0.1) is 6.92 Å². The zero-order valence-electron chi connectivity index (χ0n) is 13.5. The predicted octanol–water partition coefficient (Wildman–Crippen LogP) is 1.61. The molecule has 0 unspecified atom stereocenters. The van der Waals surface area contributed by atoms with Gasteiger partial charge >= 0.3 is 0 Å². The highest BCUT2D eigenvalue weighted by Crippen LogP contribution is 2.13. The summed E-state index contributed by atoms with van der Waals surface area (Å²) in [7, 11) is 1.81. The van der Waals surface area contributed by atoms with Crippen LogP contribution in [0.2, 0.25) is 0 Å². The number of aryl methyl sites for hydroxylation is 1. The van der Waals surface area contributed by atoms with Crippen molar-refractivity contribution in [2.75, 3.05) is 33.3 Å². The third-order valence-electron chi connectivity index (χ3n) is 3.55. The van der Waals surface area contributed by atoms with Gasteiger partial charge in [0.1, 0.15) is 0 Å². The van der Waals surface area contributed by atoms with E-state index >= 15 is 0 Å². The molecule has 0 radical (unpaired) electrons. The van der Waals surface area contributed by atoms with Crippen molar-refractivity contribution in [1.82, 2.24) is 20.4 Å². The summed E-state index contributed by atoms with van der Waals surface area (Å²) in [5, 5.41) is 7.13. The number of aromatic nitrogens is 2. The minimum atomic E-state index is 0. The number of nitrogens with zero attached hydrogens (tertiary/aromatic N) is 4. The van der Waals surface area contributed by atoms with Gasteiger partial charge in [-0.15, -0.1) is 24.0 Å². The number of rotatable bonds is 5. The van der Waals surface area contributed by atoms with Crippen LogP contribution < -0.4 is 5.32 Å². The Morgan fingerprint density at radius 1 is 1.45 bits per heavy atom. The van der Waals surface area contributed by atoms with Crippen LogP contribution in [0.25, 0.3) is 0 Å². The molecule has 2 heterocycles. The van der Waals surface area contributed by atoms with E-state index in [0.717, 1.165) is 45.0 Å². The first-order chi connectivity index (χ1) is 10.2. The van der Waals surface area contributed by atoms with Crippen LogP contribution in [0.5, 0.6) is 0 Å². The van der Waals surface area contributed by atoms with E-state index in [1.807, 2.05) is 20.9 Å². The minimum absolute atomic E-state index is 0. The molecule has 0 saturated carbocycles. The second-order valence-corrected chi connectivity index (χ2v) is 5.10. The molecule has 1 saturated heterocycles. The lowest BCUT2D eigenvalue weighted by Crippen LogP contribution is -2.47. The van der Waals surface area contributed by atoms with Crippen molar-refractivity contribution in [2.45, 2.75) is 39.2 Å². The van der Waals surface area contributed by atoms with E-state index in [0.29, 0.717) is 24.2 Å². The topological polar surface area (TPSA) is 75.8 Å². The third kappa shape index (κ3) is 5.71. The molecule has 22 heavy (non-hydrogen) atoms. The molecule has 0 spiro atoms. The largest absolute Gasteiger partial charge is 0.378 e. The summed E-state index contributed by atoms with van der Waals surface area (Å²) in [6.45, 7) is 7.35. The summed E-state index contributed by atoms with van der Waals surface area (Å²) < 4.78 is 10.8. The van der Waals surface area contributed by atoms with Crippen molar-refractivity contribution >= 4 is 29.9 Å². The summed E-state index contributed by atoms with van der Waals surface area (Å²) in [4.78, 5) is 10.8. The Hall–Kier alpha value is -0.900. The van der Waals surface area contributed by atoms with Gasteiger partial charge in [-0.3, -0.25) is 4.99 Å². The molecular weight excluding hydrogens is 397 g/mol. The van der Waals surface area contributed by atoms with Crippen LogP contribution in [0.1, 0.15) is 31.5 Å². The Morgan fingerprint density at radius 3 is 2.73 bits per heavy atom. The molecule has 1 N–H and O–H groups in total. The number of likely N-dealkylation sites (tertiary alicyclic amines) is 1. The molecule has 0 amide bonds. The average Bonchev–Trinajstić information content (AvgIpc) is 2.91. The Morgan fingerprint density at radius 2 is 2.18 bits per heavy atom. The van der Waals surface area contributed by atoms with Crippen LogP contribution in [-0.4, -0.2) is 60.4 Å². The van der Waals surface area contributed by atoms with Crippen LogP contribution in [0.4, 0.5) is 0 Å². The van der Waals surface area contributed by atoms with Gasteiger partial charge in [-0.1, -0.05) is 5.16 Å². The lowest BCUT2D eigenvalue weighted by molar-refractivity contribution is 0.0264. The van der Waals surface area contributed by atoms with Gasteiger partial charge in [0.15, 0.2) is 11.8 Å². The summed E-state index contributed by atoms with van der Waals surface area (Å²) in [5.74, 6) is 2.26. The van der Waals surface area contributed by atoms with Gasteiger partial charge in [0.2, 0.25) is 5.89 Å². The van der Waals surface area contributed by atoms with Crippen molar-refractivity contribution in [3.8, 4) is 0 Å². The summed E-state index contributed by atoms with van der Waals surface area (Å²) >= 11 is 0. The van der Waals surface area contributed by atoms with Gasteiger partial charge in [0.25, 0.3) is 0 Å². The summed E-state index contributed by atoms with van der Waals surface area (Å²) in [6.07, 6.45) is 3.20. The Bertz CT molecular complexity index is 458. The van der Waals surface area contributed by atoms with Crippen molar-refractivity contribution < 1.29 is 9.26 Å². The number of guanidine groups is 1. The first kappa shape index (κ1) is 19.1. The number of ether oxygens (including phenoxy) is 1. The van der Waals surface area contributed by atoms with E-state index in [1.165, 1.54) is 0 Å². The fourth-order valence-electron chi connectivity index (χ4n) is 2.53. The normalized spacial score (nSPS) is 16.5. The molecule has 2 rings (SSSR count). The SMILES string of the molecule is CCOC1CCN(C(=NC)NCCc2nc(C)no2)CC1.I. The smallest absolute Gasteiger partial charge is 0.228 e. The fraction of sp³-hybridized carbons (Fsp3) is 0.786. The van der Waals surface area contributed by atoms with Crippen molar-refractivity contribution in [3.05, 3.63) is 11.7 Å². The second-order valence-electron chi connectivity index (χ2n) is 5.10. The maximum atomic E-state index is 5.67. The molecule has 0 bridgehead atoms. The van der Waals surface area contributed by atoms with Crippen LogP contribution in [0.3, 0.4) is 0 Å². The van der Waals surface area contributed by atoms with E-state index in [2.05, 4.69) is 25.3 Å². The van der Waals surface area contributed by atoms with Crippen molar-refractivity contribution in [2.24, 2.45) is 4.99 Å². The molecule has 1 aromatic heterocycles. The van der Waals surface area contributed by atoms with E-state index in [9.17, 15) is 0 Å². The predicted molar refractivity (Wildman–Crippen MR) is 95.7 cm³/mol. The molecule has 0 aromatic carbocycles. The monoisotopic (exact) mass is 423 g/mol. The van der Waals surface area contributed by atoms with Crippen molar-refractivity contribution in [3.63, 3.8) is 0 Å². The highest BCUT2D eigenvalue weighted by atomic mass is 127. The summed E-state index contributed by atoms with van der Waals surface area (Å²) in [6, 6.07) is 0. The van der Waals surface area contributed by atoms with Gasteiger partial charge in [-0.25, -0.2) is 0 Å². The number of halogens is 1. The molecule has 1 aromatic rings. The highest BCUT2D eigenvalue weighted by Gasteiger charge is 2.21. The lowest BCUT2D eigenvalue weighted by atomic mass is 10.1. The Balaban J connectivity index is 0.00000242. The van der Waals surface area contributed by atoms with Crippen LogP contribution >= 0.6 is 24.0 Å². The molecule has 7 nitrogen and oxygen atoms in total. The first-order valence-electron chi connectivity index (χ1n) is 7.59. The average molecular weight is 423 g/mol. The molecule has 1 fully saturated rings. The number of nitrogens with one attached hydrogen (secondary N) is 1. The maximum absolute atomic E-state index is 5.67. The van der Waals surface area contributed by atoms with E-state index < -0.39 is 0 Å². The number of piperidine rings is 1. The highest BCUT2D eigenvalue weighted by molar-refractivity contribution is 14.0. The second kappa shape index (κ2) is 9.98. The van der Waals surface area contributed by atoms with E-state index in [4.69, 9.17) is 9.26 Å². The molecule has 0 atom stereocenters. The quantitative estimate of drug-likeness (QED) is 0.441. The van der Waals surface area contributed by atoms with Crippen molar-refractivity contribution in [1.29, 1.82) is 0 Å². The Labute approximate surface area is 148 Å². The zero-order valence-corrected chi connectivity index (χ0v) is 15.9. The Kier molecular flexibility index (Phi) is 8.69. The third-order valence-corrected chi connectivity index (χ3v) is 3.55. The van der Waals surface area contributed by atoms with Crippen LogP contribution in [-0.2, 0) is 11.2 Å². The zero-order chi connectivity index (χ0) is 15.1. The molecule has 1 aliphatic rings. The standard InChI is InChI=1S/C14H25N5O2.HI/c1-4-20-12-6-9-19(10-7-12)14(15-3)16-8-5-13-17-11(2)18-21-13;/h12H,4-10H2,1-3H3,(H,15,16);1H. The molecule has 0 aliphatic carbocycles. The molecular formula is C14H26IN5O2. The van der Waals surface area contributed by atoms with Gasteiger partial charge < -0.3 is 19.5 Å². The first-order valence-corrected chi connectivity index (χ1v) is 7.59. The number of aliphatic imine (C=N–C) groups is 1. The number of hydrogen-bond acceptors (Lipinski definition) is 5. The van der Waals surface area contributed by atoms with E-state index in [1.54, 1.807) is 0 Å².